The van der Waals surface area contributed by atoms with Crippen LogP contribution in [0.25, 0.3) is 22.2 Å². The van der Waals surface area contributed by atoms with Crippen LogP contribution in [0.2, 0.25) is 0 Å². The first-order valence-electron chi connectivity index (χ1n) is 9.37. The number of nitrogens with one attached hydrogen (secondary N) is 1. The van der Waals surface area contributed by atoms with Crippen molar-refractivity contribution in [3.63, 3.8) is 0 Å². The molecule has 4 rings (SSSR count). The van der Waals surface area contributed by atoms with Crippen molar-refractivity contribution in [2.24, 2.45) is 0 Å². The van der Waals surface area contributed by atoms with Crippen LogP contribution in [0.15, 0.2) is 71.1 Å². The number of fused-ring (bicyclic) bond motifs is 1. The van der Waals surface area contributed by atoms with Crippen molar-refractivity contribution in [2.75, 3.05) is 5.32 Å². The Hall–Kier alpha value is -4.09. The van der Waals surface area contributed by atoms with E-state index in [0.29, 0.717) is 11.5 Å². The number of hydrogen-bond donors (Lipinski definition) is 1. The number of rotatable bonds is 4. The lowest BCUT2D eigenvalue weighted by Gasteiger charge is -2.15. The Morgan fingerprint density at radius 3 is 2.48 bits per heavy atom. The maximum absolute atomic E-state index is 9.33. The zero-order valence-electron chi connectivity index (χ0n) is 15.9. The first kappa shape index (κ1) is 18.3. The van der Waals surface area contributed by atoms with E-state index in [4.69, 9.17) is 4.42 Å². The summed E-state index contributed by atoms with van der Waals surface area (Å²) in [5.41, 5.74) is 2.46. The van der Waals surface area contributed by atoms with Gasteiger partial charge in [0, 0.05) is 22.0 Å². The summed E-state index contributed by atoms with van der Waals surface area (Å²) in [6, 6.07) is 23.4. The van der Waals surface area contributed by atoms with Crippen LogP contribution in [0.4, 0.5) is 5.69 Å². The van der Waals surface area contributed by atoms with Crippen LogP contribution in [-0.4, -0.2) is 16.2 Å². The van der Waals surface area contributed by atoms with Gasteiger partial charge in [-0.25, -0.2) is 0 Å². The van der Waals surface area contributed by atoms with Crippen LogP contribution in [-0.2, 0) is 0 Å². The van der Waals surface area contributed by atoms with Gasteiger partial charge in [0.1, 0.15) is 0 Å². The molecule has 0 fully saturated rings. The summed E-state index contributed by atoms with van der Waals surface area (Å²) in [6.07, 6.45) is 0.793. The van der Waals surface area contributed by atoms with Gasteiger partial charge in [-0.15, -0.1) is 5.10 Å². The molecule has 1 heterocycles. The molecule has 1 aromatic heterocycles. The molecule has 3 aromatic carbocycles. The van der Waals surface area contributed by atoms with Gasteiger partial charge in [-0.1, -0.05) is 60.4 Å². The molecule has 0 aliphatic rings. The largest absolute Gasteiger partial charge is 0.410 e. The van der Waals surface area contributed by atoms with Gasteiger partial charge in [-0.2, -0.15) is 5.26 Å². The summed E-state index contributed by atoms with van der Waals surface area (Å²) in [5, 5.41) is 22.8. The number of hydrogen-bond acceptors (Lipinski definition) is 5. The van der Waals surface area contributed by atoms with Gasteiger partial charge in [0.15, 0.2) is 0 Å². The minimum absolute atomic E-state index is 0.0987. The smallest absolute Gasteiger partial charge is 0.294 e. The minimum Gasteiger partial charge on any atom is -0.410 e. The molecule has 0 aliphatic carbocycles. The Kier molecular flexibility index (Phi) is 5.23. The summed E-state index contributed by atoms with van der Waals surface area (Å²) in [4.78, 5) is 0. The molecule has 0 saturated carbocycles. The highest BCUT2D eigenvalue weighted by molar-refractivity contribution is 5.97. The Balaban J connectivity index is 1.57. The molecule has 4 aromatic rings. The van der Waals surface area contributed by atoms with Gasteiger partial charge < -0.3 is 9.73 Å². The molecule has 1 unspecified atom stereocenters. The summed E-state index contributed by atoms with van der Waals surface area (Å²) >= 11 is 0. The lowest BCUT2D eigenvalue weighted by atomic mass is 10.0. The van der Waals surface area contributed by atoms with Gasteiger partial charge in [-0.3, -0.25) is 0 Å². The number of anilines is 1. The van der Waals surface area contributed by atoms with Crippen molar-refractivity contribution in [1.82, 2.24) is 10.2 Å². The predicted molar refractivity (Wildman–Crippen MR) is 113 cm³/mol. The normalized spacial score (nSPS) is 11.3. The Labute approximate surface area is 169 Å². The first-order chi connectivity index (χ1) is 14.3. The zero-order chi connectivity index (χ0) is 20.1. The second-order valence-corrected chi connectivity index (χ2v) is 6.47. The van der Waals surface area contributed by atoms with Crippen LogP contribution in [0.3, 0.4) is 0 Å². The van der Waals surface area contributed by atoms with Crippen molar-refractivity contribution < 1.29 is 4.42 Å². The third-order valence-corrected chi connectivity index (χ3v) is 4.58. The first-order valence-corrected chi connectivity index (χ1v) is 9.37. The number of benzene rings is 3. The number of nitriles is 1. The van der Waals surface area contributed by atoms with E-state index >= 15 is 0 Å². The molecule has 0 aliphatic heterocycles. The van der Waals surface area contributed by atoms with Gasteiger partial charge in [-0.05, 0) is 36.6 Å². The topological polar surface area (TPSA) is 74.7 Å². The molecule has 5 heteroatoms. The van der Waals surface area contributed by atoms with E-state index in [1.807, 2.05) is 66.7 Å². The minimum atomic E-state index is -0.0987. The van der Waals surface area contributed by atoms with Gasteiger partial charge in [0.05, 0.1) is 17.7 Å². The maximum atomic E-state index is 9.33. The van der Waals surface area contributed by atoms with Crippen LogP contribution in [0.1, 0.15) is 24.8 Å². The van der Waals surface area contributed by atoms with E-state index in [1.165, 1.54) is 0 Å². The average molecular weight is 378 g/mol. The molecule has 1 atom stereocenters. The van der Waals surface area contributed by atoms with Crippen LogP contribution >= 0.6 is 0 Å². The second kappa shape index (κ2) is 8.29. The third kappa shape index (κ3) is 3.95. The molecule has 1 N–H and O–H groups in total. The van der Waals surface area contributed by atoms with Gasteiger partial charge >= 0.3 is 0 Å². The zero-order valence-corrected chi connectivity index (χ0v) is 15.9. The van der Waals surface area contributed by atoms with Gasteiger partial charge in [0.25, 0.3) is 5.89 Å². The van der Waals surface area contributed by atoms with Crippen molar-refractivity contribution in [3.8, 4) is 29.4 Å². The lowest BCUT2D eigenvalue weighted by Crippen LogP contribution is -2.16. The van der Waals surface area contributed by atoms with Crippen molar-refractivity contribution in [3.05, 3.63) is 78.2 Å². The molecule has 5 nitrogen and oxygen atoms in total. The molecule has 29 heavy (non-hydrogen) atoms. The fourth-order valence-corrected chi connectivity index (χ4v) is 3.07. The van der Waals surface area contributed by atoms with Gasteiger partial charge in [0.2, 0.25) is 5.89 Å². The lowest BCUT2D eigenvalue weighted by molar-refractivity contribution is 0.554. The van der Waals surface area contributed by atoms with E-state index < -0.39 is 0 Å². The third-order valence-electron chi connectivity index (χ3n) is 4.58. The fraction of sp³-hybridized carbons (Fsp3) is 0.125. The monoisotopic (exact) mass is 378 g/mol. The van der Waals surface area contributed by atoms with E-state index in [0.717, 1.165) is 28.4 Å². The highest BCUT2D eigenvalue weighted by atomic mass is 16.4. The Morgan fingerprint density at radius 2 is 1.72 bits per heavy atom. The van der Waals surface area contributed by atoms with Crippen molar-refractivity contribution in [2.45, 2.75) is 19.4 Å². The van der Waals surface area contributed by atoms with Crippen LogP contribution in [0, 0.1) is 23.2 Å². The Morgan fingerprint density at radius 1 is 0.966 bits per heavy atom. The average Bonchev–Trinajstić information content (AvgIpc) is 3.26. The van der Waals surface area contributed by atoms with Crippen LogP contribution < -0.4 is 5.32 Å². The van der Waals surface area contributed by atoms with Crippen molar-refractivity contribution >= 4 is 16.5 Å². The van der Waals surface area contributed by atoms with E-state index in [9.17, 15) is 5.26 Å². The molecule has 0 spiro atoms. The van der Waals surface area contributed by atoms with Crippen LogP contribution in [0.5, 0.6) is 0 Å². The fourth-order valence-electron chi connectivity index (χ4n) is 3.07. The summed E-state index contributed by atoms with van der Waals surface area (Å²) in [5.74, 6) is 6.88. The molecule has 0 amide bonds. The molecule has 0 saturated heterocycles. The SMILES string of the molecule is CCC(C#Cc1nnc(-c2ccccc2)o1)Nc1ccc(C#N)c2ccccc12. The Bertz CT molecular complexity index is 1240. The second-order valence-electron chi connectivity index (χ2n) is 6.47. The molecule has 140 valence electrons. The number of aromatic nitrogens is 2. The molecular weight excluding hydrogens is 360 g/mol. The standard InChI is InChI=1S/C24H18N4O/c1-2-19(13-15-23-27-28-24(29-23)17-8-4-3-5-9-17)26-22-14-12-18(16-25)20-10-6-7-11-21(20)22/h3-12,14,19,26H,2H2,1H3. The summed E-state index contributed by atoms with van der Waals surface area (Å²) in [7, 11) is 0. The molecular formula is C24H18N4O. The molecule has 0 bridgehead atoms. The van der Waals surface area contributed by atoms with E-state index in [2.05, 4.69) is 40.3 Å². The predicted octanol–water partition coefficient (Wildman–Crippen LogP) is 5.00. The summed E-state index contributed by atoms with van der Waals surface area (Å²) in [6.45, 7) is 2.06. The van der Waals surface area contributed by atoms with E-state index in [-0.39, 0.29) is 11.9 Å². The quantitative estimate of drug-likeness (QED) is 0.506. The highest BCUT2D eigenvalue weighted by Gasteiger charge is 2.10. The number of nitrogens with zero attached hydrogens (tertiary/aromatic N) is 3. The summed E-state index contributed by atoms with van der Waals surface area (Å²) < 4.78 is 5.66. The molecule has 0 radical (unpaired) electrons. The van der Waals surface area contributed by atoms with E-state index in [1.54, 1.807) is 0 Å². The maximum Gasteiger partial charge on any atom is 0.294 e. The van der Waals surface area contributed by atoms with Crippen molar-refractivity contribution in [1.29, 1.82) is 5.26 Å². The highest BCUT2D eigenvalue weighted by Crippen LogP contribution is 2.27.